The first-order chi connectivity index (χ1) is 9.24. The molecule has 1 aliphatic rings. The third kappa shape index (κ3) is 5.30. The van der Waals surface area contributed by atoms with Gasteiger partial charge in [0.05, 0.1) is 19.1 Å². The Labute approximate surface area is 118 Å². The van der Waals surface area contributed by atoms with Crippen molar-refractivity contribution in [3.05, 3.63) is 22.4 Å². The molecule has 0 unspecified atom stereocenters. The molecule has 0 bridgehead atoms. The van der Waals surface area contributed by atoms with Crippen LogP contribution in [0, 0.1) is 0 Å². The van der Waals surface area contributed by atoms with Gasteiger partial charge >= 0.3 is 0 Å². The molecule has 0 aliphatic heterocycles. The minimum Gasteiger partial charge on any atom is -0.376 e. The average Bonchev–Trinajstić information content (AvgIpc) is 2.89. The van der Waals surface area contributed by atoms with Gasteiger partial charge in [0, 0.05) is 12.6 Å². The first-order valence-corrected chi connectivity index (χ1v) is 7.83. The van der Waals surface area contributed by atoms with Crippen molar-refractivity contribution >= 4 is 17.2 Å². The van der Waals surface area contributed by atoms with Gasteiger partial charge in [-0.1, -0.05) is 0 Å². The summed E-state index contributed by atoms with van der Waals surface area (Å²) in [6.07, 6.45) is 4.98. The lowest BCUT2D eigenvalue weighted by atomic mass is 9.94. The summed E-state index contributed by atoms with van der Waals surface area (Å²) in [6.45, 7) is 1.18. The number of ether oxygens (including phenoxy) is 1. The highest BCUT2D eigenvalue weighted by atomic mass is 32.1. The van der Waals surface area contributed by atoms with Crippen LogP contribution < -0.4 is 11.1 Å². The topological polar surface area (TPSA) is 64.3 Å². The van der Waals surface area contributed by atoms with E-state index in [1.165, 1.54) is 0 Å². The van der Waals surface area contributed by atoms with Crippen LogP contribution in [0.1, 0.15) is 31.2 Å². The number of hydrogen-bond acceptors (Lipinski definition) is 4. The number of nitrogens with one attached hydrogen (secondary N) is 1. The maximum Gasteiger partial charge on any atom is 0.224 e. The third-order valence-electron chi connectivity index (χ3n) is 3.44. The molecule has 19 heavy (non-hydrogen) atoms. The van der Waals surface area contributed by atoms with Crippen molar-refractivity contribution in [2.24, 2.45) is 5.73 Å². The van der Waals surface area contributed by atoms with Gasteiger partial charge in [0.1, 0.15) is 0 Å². The molecule has 0 saturated heterocycles. The van der Waals surface area contributed by atoms with Crippen LogP contribution in [0.15, 0.2) is 16.8 Å². The molecule has 3 N–H and O–H groups in total. The van der Waals surface area contributed by atoms with E-state index in [9.17, 15) is 4.79 Å². The summed E-state index contributed by atoms with van der Waals surface area (Å²) in [7, 11) is 0. The molecule has 1 aromatic rings. The zero-order valence-electron chi connectivity index (χ0n) is 11.1. The van der Waals surface area contributed by atoms with Crippen LogP contribution in [-0.4, -0.2) is 31.2 Å². The average molecular weight is 282 g/mol. The summed E-state index contributed by atoms with van der Waals surface area (Å²) >= 11 is 1.61. The molecule has 1 aromatic heterocycles. The number of carbonyl (C=O) groups excluding carboxylic acids is 1. The van der Waals surface area contributed by atoms with Crippen LogP contribution in [0.3, 0.4) is 0 Å². The van der Waals surface area contributed by atoms with Crippen LogP contribution in [0.5, 0.6) is 0 Å². The lowest BCUT2D eigenvalue weighted by Gasteiger charge is -2.26. The quantitative estimate of drug-likeness (QED) is 0.780. The van der Waals surface area contributed by atoms with Crippen molar-refractivity contribution in [2.45, 2.75) is 44.2 Å². The van der Waals surface area contributed by atoms with E-state index in [0.717, 1.165) is 31.2 Å². The standard InChI is InChI=1S/C14H22N2O2S/c15-12-1-3-13(4-2-12)18-7-6-16-14(17)9-11-5-8-19-10-11/h5,8,10,12-13H,1-4,6-7,9,15H2,(H,16,17). The fourth-order valence-corrected chi connectivity index (χ4v) is 2.98. The molecule has 5 heteroatoms. The van der Waals surface area contributed by atoms with Crippen molar-refractivity contribution in [1.82, 2.24) is 5.32 Å². The summed E-state index contributed by atoms with van der Waals surface area (Å²) in [5, 5.41) is 6.87. The van der Waals surface area contributed by atoms with Gasteiger partial charge in [0.25, 0.3) is 0 Å². The smallest absolute Gasteiger partial charge is 0.224 e. The molecule has 2 rings (SSSR count). The monoisotopic (exact) mass is 282 g/mol. The zero-order chi connectivity index (χ0) is 13.5. The van der Waals surface area contributed by atoms with Crippen molar-refractivity contribution in [3.8, 4) is 0 Å². The lowest BCUT2D eigenvalue weighted by molar-refractivity contribution is -0.120. The second-order valence-corrected chi connectivity index (χ2v) is 5.85. The zero-order valence-corrected chi connectivity index (χ0v) is 12.0. The van der Waals surface area contributed by atoms with Gasteiger partial charge in [-0.15, -0.1) is 0 Å². The van der Waals surface area contributed by atoms with Crippen molar-refractivity contribution in [3.63, 3.8) is 0 Å². The molecule has 1 aliphatic carbocycles. The molecular weight excluding hydrogens is 260 g/mol. The Morgan fingerprint density at radius 3 is 2.89 bits per heavy atom. The number of nitrogens with two attached hydrogens (primary N) is 1. The van der Waals surface area contributed by atoms with E-state index in [2.05, 4.69) is 5.32 Å². The van der Waals surface area contributed by atoms with Gasteiger partial charge in [0.2, 0.25) is 5.91 Å². The minimum atomic E-state index is 0.0627. The van der Waals surface area contributed by atoms with Gasteiger partial charge in [-0.25, -0.2) is 0 Å². The van der Waals surface area contributed by atoms with E-state index in [1.807, 2.05) is 16.8 Å². The molecule has 1 saturated carbocycles. The van der Waals surface area contributed by atoms with Gasteiger partial charge in [-0.3, -0.25) is 4.79 Å². The Hall–Kier alpha value is -0.910. The normalized spacial score (nSPS) is 23.2. The van der Waals surface area contributed by atoms with Crippen LogP contribution in [0.25, 0.3) is 0 Å². The first kappa shape index (κ1) is 14.5. The SMILES string of the molecule is NC1CCC(OCCNC(=O)Cc2ccsc2)CC1. The highest BCUT2D eigenvalue weighted by Gasteiger charge is 2.18. The van der Waals surface area contributed by atoms with E-state index in [0.29, 0.717) is 31.7 Å². The van der Waals surface area contributed by atoms with Crippen LogP contribution in [0.4, 0.5) is 0 Å². The van der Waals surface area contributed by atoms with Gasteiger partial charge in [-0.2, -0.15) is 11.3 Å². The summed E-state index contributed by atoms with van der Waals surface area (Å²) in [4.78, 5) is 11.6. The highest BCUT2D eigenvalue weighted by Crippen LogP contribution is 2.19. The van der Waals surface area contributed by atoms with Crippen LogP contribution >= 0.6 is 11.3 Å². The maximum atomic E-state index is 11.6. The van der Waals surface area contributed by atoms with Gasteiger partial charge in [-0.05, 0) is 48.1 Å². The second kappa shape index (κ2) is 7.62. The van der Waals surface area contributed by atoms with Crippen molar-refractivity contribution in [1.29, 1.82) is 0 Å². The Morgan fingerprint density at radius 1 is 1.42 bits per heavy atom. The fraction of sp³-hybridized carbons (Fsp3) is 0.643. The Bertz CT molecular complexity index is 373. The lowest BCUT2D eigenvalue weighted by Crippen LogP contribution is -2.33. The number of amides is 1. The predicted octanol–water partition coefficient (Wildman–Crippen LogP) is 1.69. The molecule has 1 fully saturated rings. The second-order valence-electron chi connectivity index (χ2n) is 5.07. The number of thiophene rings is 1. The van der Waals surface area contributed by atoms with E-state index < -0.39 is 0 Å². The summed E-state index contributed by atoms with van der Waals surface area (Å²) in [6, 6.07) is 2.33. The summed E-state index contributed by atoms with van der Waals surface area (Å²) in [5.41, 5.74) is 6.92. The molecule has 106 valence electrons. The van der Waals surface area contributed by atoms with Gasteiger partial charge < -0.3 is 15.8 Å². The molecule has 4 nitrogen and oxygen atoms in total. The molecule has 0 atom stereocenters. The number of rotatable bonds is 6. The van der Waals surface area contributed by atoms with E-state index in [1.54, 1.807) is 11.3 Å². The van der Waals surface area contributed by atoms with Crippen LogP contribution in [-0.2, 0) is 16.0 Å². The van der Waals surface area contributed by atoms with Gasteiger partial charge in [0.15, 0.2) is 0 Å². The Morgan fingerprint density at radius 2 is 2.21 bits per heavy atom. The maximum absolute atomic E-state index is 11.6. The number of hydrogen-bond donors (Lipinski definition) is 2. The molecular formula is C14H22N2O2S. The van der Waals surface area contributed by atoms with Crippen molar-refractivity contribution < 1.29 is 9.53 Å². The first-order valence-electron chi connectivity index (χ1n) is 6.89. The Kier molecular flexibility index (Phi) is 5.82. The highest BCUT2D eigenvalue weighted by molar-refractivity contribution is 7.07. The van der Waals surface area contributed by atoms with E-state index >= 15 is 0 Å². The third-order valence-corrected chi connectivity index (χ3v) is 4.17. The van der Waals surface area contributed by atoms with Crippen LogP contribution in [0.2, 0.25) is 0 Å². The fourth-order valence-electron chi connectivity index (χ4n) is 2.31. The minimum absolute atomic E-state index is 0.0627. The van der Waals surface area contributed by atoms with E-state index in [4.69, 9.17) is 10.5 Å². The molecule has 1 amide bonds. The molecule has 0 radical (unpaired) electrons. The summed E-state index contributed by atoms with van der Waals surface area (Å²) < 4.78 is 5.75. The predicted molar refractivity (Wildman–Crippen MR) is 77.2 cm³/mol. The van der Waals surface area contributed by atoms with Crippen molar-refractivity contribution in [2.75, 3.05) is 13.2 Å². The molecule has 0 aromatic carbocycles. The number of carbonyl (C=O) groups is 1. The Balaban J connectivity index is 1.53. The molecule has 0 spiro atoms. The summed E-state index contributed by atoms with van der Waals surface area (Å²) in [5.74, 6) is 0.0627. The van der Waals surface area contributed by atoms with E-state index in [-0.39, 0.29) is 5.91 Å². The largest absolute Gasteiger partial charge is 0.376 e. The molecule has 1 heterocycles.